The van der Waals surface area contributed by atoms with E-state index >= 15 is 0 Å². The first-order chi connectivity index (χ1) is 12.0. The zero-order valence-electron chi connectivity index (χ0n) is 13.8. The standard InChI is InChI=1S/C19H20F2N2O2/c20-19(21)8-9-23(13-19)18(24)15-6-7-17(16(10-15)11-22)25-12-14-4-2-1-3-5-14/h1-7,10H,8-9,11-13,22H2. The van der Waals surface area contributed by atoms with E-state index in [2.05, 4.69) is 0 Å². The molecule has 0 spiro atoms. The average Bonchev–Trinajstić information content (AvgIpc) is 3.00. The van der Waals surface area contributed by atoms with E-state index < -0.39 is 18.4 Å². The quantitative estimate of drug-likeness (QED) is 0.904. The Balaban J connectivity index is 1.72. The minimum absolute atomic E-state index is 0.0655. The van der Waals surface area contributed by atoms with Crippen molar-refractivity contribution in [1.82, 2.24) is 4.90 Å². The van der Waals surface area contributed by atoms with Crippen molar-refractivity contribution in [1.29, 1.82) is 0 Å². The van der Waals surface area contributed by atoms with Crippen molar-refractivity contribution in [3.8, 4) is 5.75 Å². The van der Waals surface area contributed by atoms with Gasteiger partial charge in [-0.1, -0.05) is 30.3 Å². The molecule has 2 aromatic rings. The number of hydrogen-bond acceptors (Lipinski definition) is 3. The van der Waals surface area contributed by atoms with Crippen LogP contribution in [0.2, 0.25) is 0 Å². The van der Waals surface area contributed by atoms with Crippen LogP contribution in [0, 0.1) is 0 Å². The molecular formula is C19H20F2N2O2. The van der Waals surface area contributed by atoms with Gasteiger partial charge in [-0.05, 0) is 23.8 Å². The van der Waals surface area contributed by atoms with Crippen LogP contribution in [0.4, 0.5) is 8.78 Å². The third-order valence-corrected chi connectivity index (χ3v) is 4.22. The lowest BCUT2D eigenvalue weighted by Gasteiger charge is -2.17. The van der Waals surface area contributed by atoms with Gasteiger partial charge in [-0.3, -0.25) is 4.79 Å². The number of alkyl halides is 2. The average molecular weight is 346 g/mol. The number of rotatable bonds is 5. The SMILES string of the molecule is NCc1cc(C(=O)N2CCC(F)(F)C2)ccc1OCc1ccccc1. The van der Waals surface area contributed by atoms with Gasteiger partial charge in [0.1, 0.15) is 12.4 Å². The van der Waals surface area contributed by atoms with Crippen molar-refractivity contribution < 1.29 is 18.3 Å². The molecule has 25 heavy (non-hydrogen) atoms. The maximum Gasteiger partial charge on any atom is 0.267 e. The van der Waals surface area contributed by atoms with Gasteiger partial charge in [0.15, 0.2) is 0 Å². The van der Waals surface area contributed by atoms with Gasteiger partial charge in [0.2, 0.25) is 0 Å². The molecule has 1 saturated heterocycles. The van der Waals surface area contributed by atoms with Crippen molar-refractivity contribution in [2.24, 2.45) is 5.73 Å². The van der Waals surface area contributed by atoms with Crippen molar-refractivity contribution >= 4 is 5.91 Å². The molecule has 0 atom stereocenters. The molecule has 0 aromatic heterocycles. The Morgan fingerprint density at radius 1 is 1.20 bits per heavy atom. The van der Waals surface area contributed by atoms with Gasteiger partial charge < -0.3 is 15.4 Å². The van der Waals surface area contributed by atoms with Crippen molar-refractivity contribution in [3.05, 3.63) is 65.2 Å². The van der Waals surface area contributed by atoms with E-state index in [9.17, 15) is 13.6 Å². The lowest BCUT2D eigenvalue weighted by Crippen LogP contribution is -2.31. The van der Waals surface area contributed by atoms with Crippen LogP contribution in [0.3, 0.4) is 0 Å². The van der Waals surface area contributed by atoms with E-state index in [1.807, 2.05) is 30.3 Å². The summed E-state index contributed by atoms with van der Waals surface area (Å²) < 4.78 is 32.4. The summed E-state index contributed by atoms with van der Waals surface area (Å²) in [7, 11) is 0. The van der Waals surface area contributed by atoms with Gasteiger partial charge in [0.05, 0.1) is 6.54 Å². The summed E-state index contributed by atoms with van der Waals surface area (Å²) in [4.78, 5) is 13.6. The third kappa shape index (κ3) is 4.14. The summed E-state index contributed by atoms with van der Waals surface area (Å²) in [5.74, 6) is -2.61. The molecule has 0 radical (unpaired) electrons. The minimum Gasteiger partial charge on any atom is -0.489 e. The summed E-state index contributed by atoms with van der Waals surface area (Å²) in [6, 6.07) is 14.6. The minimum atomic E-state index is -2.80. The molecule has 4 nitrogen and oxygen atoms in total. The summed E-state index contributed by atoms with van der Waals surface area (Å²) in [5, 5.41) is 0. The van der Waals surface area contributed by atoms with E-state index in [1.54, 1.807) is 18.2 Å². The normalized spacial score (nSPS) is 16.0. The largest absolute Gasteiger partial charge is 0.489 e. The highest BCUT2D eigenvalue weighted by atomic mass is 19.3. The van der Waals surface area contributed by atoms with Crippen LogP contribution in [-0.4, -0.2) is 29.8 Å². The fraction of sp³-hybridized carbons (Fsp3) is 0.316. The first kappa shape index (κ1) is 17.4. The first-order valence-electron chi connectivity index (χ1n) is 8.15. The predicted octanol–water partition coefficient (Wildman–Crippen LogP) is 3.21. The Bertz CT molecular complexity index is 750. The Hall–Kier alpha value is -2.47. The molecule has 6 heteroatoms. The summed E-state index contributed by atoms with van der Waals surface area (Å²) in [6.07, 6.45) is -0.291. The number of nitrogens with zero attached hydrogens (tertiary/aromatic N) is 1. The van der Waals surface area contributed by atoms with Crippen LogP contribution in [0.1, 0.15) is 27.9 Å². The van der Waals surface area contributed by atoms with Crippen LogP contribution in [-0.2, 0) is 13.2 Å². The number of carbonyl (C=O) groups is 1. The van der Waals surface area contributed by atoms with Gasteiger partial charge in [-0.2, -0.15) is 0 Å². The highest BCUT2D eigenvalue weighted by Crippen LogP contribution is 2.29. The number of carbonyl (C=O) groups excluding carboxylic acids is 1. The molecule has 1 fully saturated rings. The van der Waals surface area contributed by atoms with E-state index in [0.29, 0.717) is 23.5 Å². The van der Waals surface area contributed by atoms with Crippen LogP contribution >= 0.6 is 0 Å². The Morgan fingerprint density at radius 3 is 2.60 bits per heavy atom. The molecule has 2 aromatic carbocycles. The lowest BCUT2D eigenvalue weighted by molar-refractivity contribution is 0.0120. The van der Waals surface area contributed by atoms with E-state index in [0.717, 1.165) is 5.56 Å². The molecule has 3 rings (SSSR count). The second kappa shape index (κ2) is 7.19. The zero-order valence-corrected chi connectivity index (χ0v) is 13.8. The predicted molar refractivity (Wildman–Crippen MR) is 90.6 cm³/mol. The highest BCUT2D eigenvalue weighted by molar-refractivity contribution is 5.94. The van der Waals surface area contributed by atoms with Gasteiger partial charge in [0, 0.05) is 30.6 Å². The number of likely N-dealkylation sites (tertiary alicyclic amines) is 1. The van der Waals surface area contributed by atoms with Gasteiger partial charge in [0.25, 0.3) is 11.8 Å². The second-order valence-electron chi connectivity index (χ2n) is 6.13. The number of nitrogens with two attached hydrogens (primary N) is 1. The van der Waals surface area contributed by atoms with Crippen molar-refractivity contribution in [2.45, 2.75) is 25.5 Å². The van der Waals surface area contributed by atoms with Gasteiger partial charge in [-0.15, -0.1) is 0 Å². The van der Waals surface area contributed by atoms with Crippen LogP contribution in [0.5, 0.6) is 5.75 Å². The monoisotopic (exact) mass is 346 g/mol. The Kier molecular flexibility index (Phi) is 4.99. The number of benzene rings is 2. The maximum absolute atomic E-state index is 13.3. The zero-order chi connectivity index (χ0) is 17.9. The molecule has 0 saturated carbocycles. The second-order valence-corrected chi connectivity index (χ2v) is 6.13. The highest BCUT2D eigenvalue weighted by Gasteiger charge is 2.40. The molecule has 1 amide bonds. The number of halogens is 2. The van der Waals surface area contributed by atoms with Gasteiger partial charge >= 0.3 is 0 Å². The molecule has 1 aliphatic rings. The molecule has 1 heterocycles. The number of ether oxygens (including phenoxy) is 1. The molecule has 0 bridgehead atoms. The van der Waals surface area contributed by atoms with E-state index in [-0.39, 0.29) is 19.5 Å². The summed E-state index contributed by atoms with van der Waals surface area (Å²) in [5.41, 5.74) is 7.80. The first-order valence-corrected chi connectivity index (χ1v) is 8.15. The molecule has 2 N–H and O–H groups in total. The molecule has 132 valence electrons. The summed E-state index contributed by atoms with van der Waals surface area (Å²) >= 11 is 0. The smallest absolute Gasteiger partial charge is 0.267 e. The fourth-order valence-electron chi connectivity index (χ4n) is 2.84. The van der Waals surface area contributed by atoms with Crippen LogP contribution in [0.25, 0.3) is 0 Å². The molecule has 0 unspecified atom stereocenters. The van der Waals surface area contributed by atoms with E-state index in [1.165, 1.54) is 4.90 Å². The molecular weight excluding hydrogens is 326 g/mol. The van der Waals surface area contributed by atoms with Crippen molar-refractivity contribution in [2.75, 3.05) is 13.1 Å². The Labute approximate surface area is 145 Å². The maximum atomic E-state index is 13.3. The van der Waals surface area contributed by atoms with E-state index in [4.69, 9.17) is 10.5 Å². The fourth-order valence-corrected chi connectivity index (χ4v) is 2.84. The Morgan fingerprint density at radius 2 is 1.96 bits per heavy atom. The topological polar surface area (TPSA) is 55.6 Å². The summed E-state index contributed by atoms with van der Waals surface area (Å²) in [6.45, 7) is 0.118. The van der Waals surface area contributed by atoms with Crippen LogP contribution < -0.4 is 10.5 Å². The lowest BCUT2D eigenvalue weighted by atomic mass is 10.1. The molecule has 1 aliphatic heterocycles. The molecule has 0 aliphatic carbocycles. The van der Waals surface area contributed by atoms with Gasteiger partial charge in [-0.25, -0.2) is 8.78 Å². The van der Waals surface area contributed by atoms with Crippen molar-refractivity contribution in [3.63, 3.8) is 0 Å². The van der Waals surface area contributed by atoms with Crippen LogP contribution in [0.15, 0.2) is 48.5 Å². The number of hydrogen-bond donors (Lipinski definition) is 1. The third-order valence-electron chi connectivity index (χ3n) is 4.22. The number of amides is 1.